The molecular formula is C15H24N2O. The maximum absolute atomic E-state index is 5.89. The minimum absolute atomic E-state index is 0.786. The van der Waals surface area contributed by atoms with Gasteiger partial charge in [-0.3, -0.25) is 4.90 Å². The van der Waals surface area contributed by atoms with Gasteiger partial charge in [0.1, 0.15) is 12.4 Å². The Hall–Kier alpha value is -1.06. The van der Waals surface area contributed by atoms with Gasteiger partial charge in [-0.25, -0.2) is 0 Å². The molecule has 2 rings (SSSR count). The van der Waals surface area contributed by atoms with E-state index in [1.54, 1.807) is 0 Å². The Morgan fingerprint density at radius 3 is 2.56 bits per heavy atom. The van der Waals surface area contributed by atoms with E-state index in [0.717, 1.165) is 32.0 Å². The highest BCUT2D eigenvalue weighted by molar-refractivity contribution is 5.35. The van der Waals surface area contributed by atoms with Crippen molar-refractivity contribution in [1.82, 2.24) is 9.80 Å². The molecule has 3 nitrogen and oxygen atoms in total. The van der Waals surface area contributed by atoms with Crippen molar-refractivity contribution in [2.24, 2.45) is 0 Å². The SMILES string of the molecule is Cc1ccc(C)c(OCCN2CCN(C)CC2)c1. The van der Waals surface area contributed by atoms with E-state index in [0.29, 0.717) is 0 Å². The van der Waals surface area contributed by atoms with Crippen LogP contribution in [0.15, 0.2) is 18.2 Å². The zero-order valence-corrected chi connectivity index (χ0v) is 11.8. The molecule has 0 radical (unpaired) electrons. The van der Waals surface area contributed by atoms with E-state index in [2.05, 4.69) is 48.9 Å². The summed E-state index contributed by atoms with van der Waals surface area (Å²) in [6.07, 6.45) is 0. The van der Waals surface area contributed by atoms with Crippen LogP contribution in [0.3, 0.4) is 0 Å². The van der Waals surface area contributed by atoms with E-state index < -0.39 is 0 Å². The summed E-state index contributed by atoms with van der Waals surface area (Å²) in [6, 6.07) is 6.38. The summed E-state index contributed by atoms with van der Waals surface area (Å²) in [4.78, 5) is 4.85. The first kappa shape index (κ1) is 13.4. The number of benzene rings is 1. The number of hydrogen-bond donors (Lipinski definition) is 0. The Bertz CT molecular complexity index is 384. The zero-order valence-electron chi connectivity index (χ0n) is 11.8. The zero-order chi connectivity index (χ0) is 13.0. The van der Waals surface area contributed by atoms with Gasteiger partial charge in [0, 0.05) is 32.7 Å². The summed E-state index contributed by atoms with van der Waals surface area (Å²) >= 11 is 0. The van der Waals surface area contributed by atoms with Gasteiger partial charge in [-0.1, -0.05) is 12.1 Å². The third kappa shape index (κ3) is 3.72. The van der Waals surface area contributed by atoms with Crippen LogP contribution in [0.5, 0.6) is 5.75 Å². The number of likely N-dealkylation sites (N-methyl/N-ethyl adjacent to an activating group) is 1. The van der Waals surface area contributed by atoms with E-state index in [4.69, 9.17) is 4.74 Å². The van der Waals surface area contributed by atoms with Crippen LogP contribution < -0.4 is 4.74 Å². The maximum Gasteiger partial charge on any atom is 0.122 e. The molecule has 1 fully saturated rings. The Morgan fingerprint density at radius 2 is 1.83 bits per heavy atom. The van der Waals surface area contributed by atoms with E-state index in [1.807, 2.05) is 0 Å². The van der Waals surface area contributed by atoms with Gasteiger partial charge in [0.15, 0.2) is 0 Å². The predicted molar refractivity (Wildman–Crippen MR) is 75.3 cm³/mol. The number of rotatable bonds is 4. The van der Waals surface area contributed by atoms with Crippen LogP contribution >= 0.6 is 0 Å². The topological polar surface area (TPSA) is 15.7 Å². The lowest BCUT2D eigenvalue weighted by Crippen LogP contribution is -2.45. The van der Waals surface area contributed by atoms with Crippen LogP contribution in [0.25, 0.3) is 0 Å². The highest BCUT2D eigenvalue weighted by Crippen LogP contribution is 2.18. The first-order valence-corrected chi connectivity index (χ1v) is 6.76. The lowest BCUT2D eigenvalue weighted by molar-refractivity contribution is 0.133. The molecule has 1 heterocycles. The van der Waals surface area contributed by atoms with Crippen LogP contribution in [-0.4, -0.2) is 56.2 Å². The fourth-order valence-electron chi connectivity index (χ4n) is 2.22. The van der Waals surface area contributed by atoms with Crippen LogP contribution in [0.2, 0.25) is 0 Å². The molecule has 0 bridgehead atoms. The smallest absolute Gasteiger partial charge is 0.122 e. The molecule has 1 aliphatic heterocycles. The highest BCUT2D eigenvalue weighted by atomic mass is 16.5. The molecule has 100 valence electrons. The van der Waals surface area contributed by atoms with Crippen molar-refractivity contribution in [2.75, 3.05) is 46.4 Å². The van der Waals surface area contributed by atoms with Gasteiger partial charge in [0.25, 0.3) is 0 Å². The molecule has 0 spiro atoms. The highest BCUT2D eigenvalue weighted by Gasteiger charge is 2.13. The number of nitrogens with zero attached hydrogens (tertiary/aromatic N) is 2. The quantitative estimate of drug-likeness (QED) is 0.810. The first-order valence-electron chi connectivity index (χ1n) is 6.76. The largest absolute Gasteiger partial charge is 0.492 e. The van der Waals surface area contributed by atoms with E-state index in [1.165, 1.54) is 24.2 Å². The van der Waals surface area contributed by atoms with Gasteiger partial charge in [-0.2, -0.15) is 0 Å². The third-order valence-electron chi connectivity index (χ3n) is 3.60. The molecule has 0 amide bonds. The molecule has 18 heavy (non-hydrogen) atoms. The minimum atomic E-state index is 0.786. The van der Waals surface area contributed by atoms with E-state index in [-0.39, 0.29) is 0 Å². The van der Waals surface area contributed by atoms with Crippen molar-refractivity contribution in [2.45, 2.75) is 13.8 Å². The lowest BCUT2D eigenvalue weighted by atomic mass is 10.1. The van der Waals surface area contributed by atoms with Crippen LogP contribution in [0, 0.1) is 13.8 Å². The molecule has 3 heteroatoms. The Kier molecular flexibility index (Phi) is 4.61. The first-order chi connectivity index (χ1) is 8.65. The molecule has 1 aliphatic rings. The fraction of sp³-hybridized carbons (Fsp3) is 0.600. The van der Waals surface area contributed by atoms with Crippen molar-refractivity contribution in [3.05, 3.63) is 29.3 Å². The van der Waals surface area contributed by atoms with Gasteiger partial charge in [0.05, 0.1) is 0 Å². The number of hydrogen-bond acceptors (Lipinski definition) is 3. The van der Waals surface area contributed by atoms with E-state index in [9.17, 15) is 0 Å². The van der Waals surface area contributed by atoms with Crippen LogP contribution in [0.1, 0.15) is 11.1 Å². The molecule has 0 atom stereocenters. The molecule has 0 unspecified atom stereocenters. The van der Waals surface area contributed by atoms with Crippen LogP contribution in [0.4, 0.5) is 0 Å². The van der Waals surface area contributed by atoms with Crippen molar-refractivity contribution in [1.29, 1.82) is 0 Å². The Labute approximate surface area is 110 Å². The molecule has 1 aromatic rings. The minimum Gasteiger partial charge on any atom is -0.492 e. The number of piperazine rings is 1. The second kappa shape index (κ2) is 6.21. The molecule has 0 aromatic heterocycles. The third-order valence-corrected chi connectivity index (χ3v) is 3.60. The molecule has 0 aliphatic carbocycles. The molecular weight excluding hydrogens is 224 g/mol. The van der Waals surface area contributed by atoms with Gasteiger partial charge < -0.3 is 9.64 Å². The number of aryl methyl sites for hydroxylation is 2. The summed E-state index contributed by atoms with van der Waals surface area (Å²) in [7, 11) is 2.18. The van der Waals surface area contributed by atoms with Crippen molar-refractivity contribution >= 4 is 0 Å². The van der Waals surface area contributed by atoms with Crippen LogP contribution in [-0.2, 0) is 0 Å². The standard InChI is InChI=1S/C15H24N2O/c1-13-4-5-14(2)15(12-13)18-11-10-17-8-6-16(3)7-9-17/h4-5,12H,6-11H2,1-3H3. The Morgan fingerprint density at radius 1 is 1.11 bits per heavy atom. The number of ether oxygens (including phenoxy) is 1. The summed E-state index contributed by atoms with van der Waals surface area (Å²) in [6.45, 7) is 10.7. The molecule has 1 aromatic carbocycles. The lowest BCUT2D eigenvalue weighted by Gasteiger charge is -2.32. The van der Waals surface area contributed by atoms with Gasteiger partial charge in [-0.15, -0.1) is 0 Å². The fourth-order valence-corrected chi connectivity index (χ4v) is 2.22. The Balaban J connectivity index is 1.76. The predicted octanol–water partition coefficient (Wildman–Crippen LogP) is 1.93. The average Bonchev–Trinajstić information content (AvgIpc) is 2.36. The van der Waals surface area contributed by atoms with Gasteiger partial charge in [0.2, 0.25) is 0 Å². The normalized spacial score (nSPS) is 17.9. The monoisotopic (exact) mass is 248 g/mol. The summed E-state index contributed by atoms with van der Waals surface area (Å²) < 4.78 is 5.89. The summed E-state index contributed by atoms with van der Waals surface area (Å²) in [5.74, 6) is 1.03. The summed E-state index contributed by atoms with van der Waals surface area (Å²) in [5.41, 5.74) is 2.48. The second-order valence-corrected chi connectivity index (χ2v) is 5.26. The summed E-state index contributed by atoms with van der Waals surface area (Å²) in [5, 5.41) is 0. The van der Waals surface area contributed by atoms with Crippen molar-refractivity contribution in [3.8, 4) is 5.75 Å². The molecule has 1 saturated heterocycles. The molecule has 0 saturated carbocycles. The second-order valence-electron chi connectivity index (χ2n) is 5.26. The maximum atomic E-state index is 5.89. The van der Waals surface area contributed by atoms with Gasteiger partial charge >= 0.3 is 0 Å². The van der Waals surface area contributed by atoms with Gasteiger partial charge in [-0.05, 0) is 38.1 Å². The van der Waals surface area contributed by atoms with E-state index >= 15 is 0 Å². The van der Waals surface area contributed by atoms with Crippen molar-refractivity contribution < 1.29 is 4.74 Å². The molecule has 0 N–H and O–H groups in total. The van der Waals surface area contributed by atoms with Crippen molar-refractivity contribution in [3.63, 3.8) is 0 Å². The average molecular weight is 248 g/mol.